The van der Waals surface area contributed by atoms with Gasteiger partial charge in [0, 0.05) is 37.6 Å². The number of hydrogen-bond donors (Lipinski definition) is 1. The van der Waals surface area contributed by atoms with Crippen molar-refractivity contribution < 1.29 is 14.3 Å². The standard InChI is InChI=1S/C20H22BrN3O3/c1-14(25)23-9-11-24(12-10-23)18-6-4-3-5-17(18)22-20(26)16-13-15(21)7-8-19(16)27-2/h3-8,13H,9-12H2,1-2H3,(H,22,26). The van der Waals surface area contributed by atoms with Crippen LogP contribution in [0.2, 0.25) is 0 Å². The smallest absolute Gasteiger partial charge is 0.259 e. The minimum Gasteiger partial charge on any atom is -0.496 e. The van der Waals surface area contributed by atoms with Crippen LogP contribution in [0.3, 0.4) is 0 Å². The Morgan fingerprint density at radius 2 is 1.78 bits per heavy atom. The first-order valence-corrected chi connectivity index (χ1v) is 9.53. The molecule has 0 aliphatic carbocycles. The summed E-state index contributed by atoms with van der Waals surface area (Å²) in [6.07, 6.45) is 0. The highest BCUT2D eigenvalue weighted by Crippen LogP contribution is 2.29. The molecule has 1 fully saturated rings. The van der Waals surface area contributed by atoms with Gasteiger partial charge in [0.2, 0.25) is 5.91 Å². The molecule has 2 amide bonds. The number of nitrogens with zero attached hydrogens (tertiary/aromatic N) is 2. The van der Waals surface area contributed by atoms with E-state index in [-0.39, 0.29) is 11.8 Å². The number of rotatable bonds is 4. The second kappa shape index (κ2) is 8.43. The average molecular weight is 432 g/mol. The lowest BCUT2D eigenvalue weighted by atomic mass is 10.1. The van der Waals surface area contributed by atoms with Crippen LogP contribution in [0, 0.1) is 0 Å². The molecule has 142 valence electrons. The van der Waals surface area contributed by atoms with Gasteiger partial charge in [-0.1, -0.05) is 28.1 Å². The van der Waals surface area contributed by atoms with Crippen molar-refractivity contribution in [3.8, 4) is 5.75 Å². The number of halogens is 1. The van der Waals surface area contributed by atoms with Gasteiger partial charge in [-0.15, -0.1) is 0 Å². The normalized spacial score (nSPS) is 14.0. The minimum atomic E-state index is -0.233. The second-order valence-corrected chi connectivity index (χ2v) is 7.22. The minimum absolute atomic E-state index is 0.0954. The zero-order valence-electron chi connectivity index (χ0n) is 15.4. The van der Waals surface area contributed by atoms with Crippen molar-refractivity contribution in [2.45, 2.75) is 6.92 Å². The number of amides is 2. The van der Waals surface area contributed by atoms with Crippen LogP contribution >= 0.6 is 15.9 Å². The van der Waals surface area contributed by atoms with Crippen LogP contribution in [0.4, 0.5) is 11.4 Å². The number of benzene rings is 2. The highest BCUT2D eigenvalue weighted by atomic mass is 79.9. The van der Waals surface area contributed by atoms with Gasteiger partial charge in [-0.05, 0) is 30.3 Å². The molecule has 1 saturated heterocycles. The van der Waals surface area contributed by atoms with E-state index in [9.17, 15) is 9.59 Å². The summed E-state index contributed by atoms with van der Waals surface area (Å²) in [4.78, 5) is 28.4. The maximum absolute atomic E-state index is 12.8. The largest absolute Gasteiger partial charge is 0.496 e. The molecule has 0 saturated carbocycles. The van der Waals surface area contributed by atoms with E-state index in [0.29, 0.717) is 24.4 Å². The molecule has 0 bridgehead atoms. The number of methoxy groups -OCH3 is 1. The van der Waals surface area contributed by atoms with Crippen LogP contribution in [0.15, 0.2) is 46.9 Å². The van der Waals surface area contributed by atoms with E-state index in [2.05, 4.69) is 26.1 Å². The van der Waals surface area contributed by atoms with Gasteiger partial charge in [0.25, 0.3) is 5.91 Å². The van der Waals surface area contributed by atoms with Gasteiger partial charge in [0.1, 0.15) is 5.75 Å². The van der Waals surface area contributed by atoms with E-state index in [0.717, 1.165) is 28.9 Å². The predicted octanol–water partition coefficient (Wildman–Crippen LogP) is 3.38. The molecule has 1 heterocycles. The highest BCUT2D eigenvalue weighted by molar-refractivity contribution is 9.10. The first-order valence-electron chi connectivity index (χ1n) is 8.74. The summed E-state index contributed by atoms with van der Waals surface area (Å²) in [7, 11) is 1.54. The third kappa shape index (κ3) is 4.42. The zero-order chi connectivity index (χ0) is 19.4. The number of ether oxygens (including phenoxy) is 1. The number of carbonyl (C=O) groups excluding carboxylic acids is 2. The van der Waals surface area contributed by atoms with E-state index >= 15 is 0 Å². The van der Waals surface area contributed by atoms with E-state index < -0.39 is 0 Å². The lowest BCUT2D eigenvalue weighted by molar-refractivity contribution is -0.129. The Hall–Kier alpha value is -2.54. The summed E-state index contributed by atoms with van der Waals surface area (Å²) in [5, 5.41) is 3.00. The van der Waals surface area contributed by atoms with Crippen molar-refractivity contribution >= 4 is 39.1 Å². The monoisotopic (exact) mass is 431 g/mol. The quantitative estimate of drug-likeness (QED) is 0.805. The molecule has 7 heteroatoms. The molecule has 0 spiro atoms. The second-order valence-electron chi connectivity index (χ2n) is 6.31. The Balaban J connectivity index is 1.80. The molecule has 0 atom stereocenters. The van der Waals surface area contributed by atoms with Gasteiger partial charge in [-0.25, -0.2) is 0 Å². The molecule has 27 heavy (non-hydrogen) atoms. The predicted molar refractivity (Wildman–Crippen MR) is 110 cm³/mol. The van der Waals surface area contributed by atoms with E-state index in [1.807, 2.05) is 35.2 Å². The van der Waals surface area contributed by atoms with Crippen molar-refractivity contribution in [3.05, 3.63) is 52.5 Å². The van der Waals surface area contributed by atoms with Crippen molar-refractivity contribution in [1.82, 2.24) is 4.90 Å². The van der Waals surface area contributed by atoms with Gasteiger partial charge in [-0.3, -0.25) is 9.59 Å². The Morgan fingerprint density at radius 3 is 2.44 bits per heavy atom. The SMILES string of the molecule is COc1ccc(Br)cc1C(=O)Nc1ccccc1N1CCN(C(C)=O)CC1. The lowest BCUT2D eigenvalue weighted by Gasteiger charge is -2.36. The van der Waals surface area contributed by atoms with Crippen molar-refractivity contribution in [2.24, 2.45) is 0 Å². The number of hydrogen-bond acceptors (Lipinski definition) is 4. The van der Waals surface area contributed by atoms with Gasteiger partial charge < -0.3 is 19.9 Å². The summed E-state index contributed by atoms with van der Waals surface area (Å²) in [6, 6.07) is 13.0. The van der Waals surface area contributed by atoms with Crippen LogP contribution < -0.4 is 15.0 Å². The van der Waals surface area contributed by atoms with E-state index in [1.165, 1.54) is 0 Å². The molecule has 6 nitrogen and oxygen atoms in total. The first kappa shape index (κ1) is 19.2. The number of carbonyl (C=O) groups is 2. The van der Waals surface area contributed by atoms with Crippen molar-refractivity contribution in [2.75, 3.05) is 43.5 Å². The summed E-state index contributed by atoms with van der Waals surface area (Å²) in [6.45, 7) is 4.41. The van der Waals surface area contributed by atoms with Crippen molar-refractivity contribution in [1.29, 1.82) is 0 Å². The molecular weight excluding hydrogens is 410 g/mol. The molecule has 0 aromatic heterocycles. The Labute approximate surface area is 167 Å². The number of anilines is 2. The van der Waals surface area contributed by atoms with Crippen LogP contribution in [0.25, 0.3) is 0 Å². The zero-order valence-corrected chi connectivity index (χ0v) is 17.0. The summed E-state index contributed by atoms with van der Waals surface area (Å²) >= 11 is 3.40. The molecule has 0 radical (unpaired) electrons. The van der Waals surface area contributed by atoms with Gasteiger partial charge in [0.15, 0.2) is 0 Å². The van der Waals surface area contributed by atoms with E-state index in [1.54, 1.807) is 26.2 Å². The Bertz CT molecular complexity index is 848. The molecule has 1 N–H and O–H groups in total. The highest BCUT2D eigenvalue weighted by Gasteiger charge is 2.21. The number of piperazine rings is 1. The molecule has 2 aromatic rings. The van der Waals surface area contributed by atoms with Gasteiger partial charge in [-0.2, -0.15) is 0 Å². The van der Waals surface area contributed by atoms with Crippen LogP contribution in [-0.2, 0) is 4.79 Å². The van der Waals surface area contributed by atoms with Crippen LogP contribution in [0.1, 0.15) is 17.3 Å². The summed E-state index contributed by atoms with van der Waals surface area (Å²) in [5.74, 6) is 0.379. The number of para-hydroxylation sites is 2. The summed E-state index contributed by atoms with van der Waals surface area (Å²) in [5.41, 5.74) is 2.15. The topological polar surface area (TPSA) is 61.9 Å². The third-order valence-corrected chi connectivity index (χ3v) is 5.12. The van der Waals surface area contributed by atoms with Gasteiger partial charge >= 0.3 is 0 Å². The fourth-order valence-corrected chi connectivity index (χ4v) is 3.53. The molecule has 0 unspecified atom stereocenters. The molecule has 3 rings (SSSR count). The lowest BCUT2D eigenvalue weighted by Crippen LogP contribution is -2.48. The maximum atomic E-state index is 12.8. The maximum Gasteiger partial charge on any atom is 0.259 e. The molecule has 1 aliphatic heterocycles. The Morgan fingerprint density at radius 1 is 1.07 bits per heavy atom. The van der Waals surface area contributed by atoms with Crippen LogP contribution in [-0.4, -0.2) is 50.0 Å². The molecular formula is C20H22BrN3O3. The number of nitrogens with one attached hydrogen (secondary N) is 1. The summed E-state index contributed by atoms with van der Waals surface area (Å²) < 4.78 is 6.12. The molecule has 1 aliphatic rings. The van der Waals surface area contributed by atoms with Crippen LogP contribution in [0.5, 0.6) is 5.75 Å². The fourth-order valence-electron chi connectivity index (χ4n) is 3.16. The average Bonchev–Trinajstić information content (AvgIpc) is 2.68. The first-order chi connectivity index (χ1) is 13.0. The third-order valence-electron chi connectivity index (χ3n) is 4.62. The van der Waals surface area contributed by atoms with Gasteiger partial charge in [0.05, 0.1) is 24.0 Å². The van der Waals surface area contributed by atoms with E-state index in [4.69, 9.17) is 4.74 Å². The molecule has 2 aromatic carbocycles. The Kier molecular flexibility index (Phi) is 6.01. The fraction of sp³-hybridized carbons (Fsp3) is 0.300. The van der Waals surface area contributed by atoms with Crippen molar-refractivity contribution in [3.63, 3.8) is 0 Å².